The number of ether oxygens (including phenoxy) is 2. The topological polar surface area (TPSA) is 63.7 Å². The van der Waals surface area contributed by atoms with Crippen molar-refractivity contribution in [2.75, 3.05) is 39.4 Å². The molecule has 0 aliphatic carbocycles. The molecule has 1 aliphatic heterocycles. The molecule has 0 unspecified atom stereocenters. The highest BCUT2D eigenvalue weighted by atomic mass is 32.1. The molecule has 0 saturated carbocycles. The Hall–Kier alpha value is -1.96. The standard InChI is InChI=1S/C18H23N3O3S/c1-14-20-16(13-25-14)12-24-17-4-2-3-15(11-17)18(22)19-5-6-21-7-9-23-10-8-21/h2-4,11,13H,5-10,12H2,1H3,(H,19,22). The van der Waals surface area contributed by atoms with Gasteiger partial charge in [-0.1, -0.05) is 6.07 Å². The highest BCUT2D eigenvalue weighted by Gasteiger charge is 2.11. The summed E-state index contributed by atoms with van der Waals surface area (Å²) >= 11 is 1.60. The Morgan fingerprint density at radius 1 is 1.40 bits per heavy atom. The zero-order valence-corrected chi connectivity index (χ0v) is 15.2. The molecular weight excluding hydrogens is 338 g/mol. The van der Waals surface area contributed by atoms with Crippen LogP contribution in [-0.4, -0.2) is 55.2 Å². The minimum atomic E-state index is -0.0804. The number of hydrogen-bond acceptors (Lipinski definition) is 6. The number of aromatic nitrogens is 1. The van der Waals surface area contributed by atoms with Crippen LogP contribution in [0.5, 0.6) is 5.75 Å². The van der Waals surface area contributed by atoms with Crippen molar-refractivity contribution in [2.24, 2.45) is 0 Å². The molecule has 1 N–H and O–H groups in total. The molecule has 6 nitrogen and oxygen atoms in total. The second kappa shape index (κ2) is 8.94. The predicted molar refractivity (Wildman–Crippen MR) is 97.2 cm³/mol. The fraction of sp³-hybridized carbons (Fsp3) is 0.444. The second-order valence-electron chi connectivity index (χ2n) is 5.88. The first-order chi connectivity index (χ1) is 12.2. The summed E-state index contributed by atoms with van der Waals surface area (Å²) in [6, 6.07) is 7.25. The molecule has 1 fully saturated rings. The minimum absolute atomic E-state index is 0.0804. The Balaban J connectivity index is 1.47. The SMILES string of the molecule is Cc1nc(COc2cccc(C(=O)NCCN3CCOCC3)c2)cs1. The number of nitrogens with zero attached hydrogens (tertiary/aromatic N) is 2. The Bertz CT molecular complexity index is 698. The molecule has 0 radical (unpaired) electrons. The number of nitrogens with one attached hydrogen (secondary N) is 1. The smallest absolute Gasteiger partial charge is 0.251 e. The first kappa shape index (κ1) is 17.8. The fourth-order valence-corrected chi connectivity index (χ4v) is 3.21. The van der Waals surface area contributed by atoms with Crippen molar-refractivity contribution in [3.8, 4) is 5.75 Å². The Morgan fingerprint density at radius 3 is 3.00 bits per heavy atom. The molecule has 1 saturated heterocycles. The van der Waals surface area contributed by atoms with E-state index < -0.39 is 0 Å². The second-order valence-corrected chi connectivity index (χ2v) is 6.95. The number of amides is 1. The van der Waals surface area contributed by atoms with Crippen molar-refractivity contribution < 1.29 is 14.3 Å². The van der Waals surface area contributed by atoms with Crippen LogP contribution in [-0.2, 0) is 11.3 Å². The van der Waals surface area contributed by atoms with Crippen LogP contribution in [0.15, 0.2) is 29.6 Å². The Labute approximate surface area is 151 Å². The van der Waals surface area contributed by atoms with Gasteiger partial charge in [-0.3, -0.25) is 9.69 Å². The van der Waals surface area contributed by atoms with E-state index in [1.165, 1.54) is 0 Å². The molecule has 1 aliphatic rings. The van der Waals surface area contributed by atoms with E-state index in [1.807, 2.05) is 24.4 Å². The molecule has 1 aromatic heterocycles. The number of aryl methyl sites for hydroxylation is 1. The number of thiazole rings is 1. The predicted octanol–water partition coefficient (Wildman–Crippen LogP) is 2.09. The molecule has 7 heteroatoms. The van der Waals surface area contributed by atoms with Crippen molar-refractivity contribution in [3.63, 3.8) is 0 Å². The first-order valence-corrected chi connectivity index (χ1v) is 9.31. The van der Waals surface area contributed by atoms with E-state index >= 15 is 0 Å². The number of carbonyl (C=O) groups is 1. The largest absolute Gasteiger partial charge is 0.487 e. The summed E-state index contributed by atoms with van der Waals surface area (Å²) in [5, 5.41) is 5.97. The van der Waals surface area contributed by atoms with Crippen LogP contribution in [0.1, 0.15) is 21.1 Å². The molecule has 1 aromatic carbocycles. The van der Waals surface area contributed by atoms with Gasteiger partial charge < -0.3 is 14.8 Å². The number of benzene rings is 1. The first-order valence-electron chi connectivity index (χ1n) is 8.43. The number of hydrogen-bond donors (Lipinski definition) is 1. The van der Waals surface area contributed by atoms with Gasteiger partial charge in [0.15, 0.2) is 0 Å². The van der Waals surface area contributed by atoms with E-state index in [4.69, 9.17) is 9.47 Å². The van der Waals surface area contributed by atoms with Gasteiger partial charge >= 0.3 is 0 Å². The summed E-state index contributed by atoms with van der Waals surface area (Å²) in [7, 11) is 0. The molecule has 25 heavy (non-hydrogen) atoms. The third-order valence-electron chi connectivity index (χ3n) is 3.97. The molecule has 0 atom stereocenters. The van der Waals surface area contributed by atoms with Crippen molar-refractivity contribution in [1.82, 2.24) is 15.2 Å². The van der Waals surface area contributed by atoms with E-state index in [0.29, 0.717) is 24.5 Å². The molecule has 3 rings (SSSR count). The van der Waals surface area contributed by atoms with E-state index in [0.717, 1.165) is 43.5 Å². The normalized spacial score (nSPS) is 15.1. The van der Waals surface area contributed by atoms with E-state index in [2.05, 4.69) is 15.2 Å². The van der Waals surface area contributed by atoms with Gasteiger partial charge in [-0.15, -0.1) is 11.3 Å². The molecule has 2 heterocycles. The van der Waals surface area contributed by atoms with E-state index in [-0.39, 0.29) is 5.91 Å². The fourth-order valence-electron chi connectivity index (χ4n) is 2.61. The molecule has 134 valence electrons. The van der Waals surface area contributed by atoms with E-state index in [1.54, 1.807) is 23.5 Å². The van der Waals surface area contributed by atoms with Gasteiger partial charge in [0.25, 0.3) is 5.91 Å². The van der Waals surface area contributed by atoms with Crippen LogP contribution in [0, 0.1) is 6.92 Å². The van der Waals surface area contributed by atoms with Gasteiger partial charge in [-0.25, -0.2) is 4.98 Å². The van der Waals surface area contributed by atoms with Crippen molar-refractivity contribution in [2.45, 2.75) is 13.5 Å². The van der Waals surface area contributed by atoms with E-state index in [9.17, 15) is 4.79 Å². The molecule has 1 amide bonds. The zero-order valence-electron chi connectivity index (χ0n) is 14.4. The lowest BCUT2D eigenvalue weighted by molar-refractivity contribution is 0.0383. The third kappa shape index (κ3) is 5.52. The summed E-state index contributed by atoms with van der Waals surface area (Å²) in [6.07, 6.45) is 0. The summed E-state index contributed by atoms with van der Waals surface area (Å²) in [4.78, 5) is 19.0. The maximum Gasteiger partial charge on any atom is 0.251 e. The Morgan fingerprint density at radius 2 is 2.24 bits per heavy atom. The zero-order chi connectivity index (χ0) is 17.5. The Kier molecular flexibility index (Phi) is 6.38. The summed E-state index contributed by atoms with van der Waals surface area (Å²) in [5.41, 5.74) is 1.51. The molecule has 0 spiro atoms. The lowest BCUT2D eigenvalue weighted by Crippen LogP contribution is -2.41. The van der Waals surface area contributed by atoms with Gasteiger partial charge in [0, 0.05) is 37.1 Å². The number of rotatable bonds is 7. The van der Waals surface area contributed by atoms with Crippen LogP contribution in [0.3, 0.4) is 0 Å². The average Bonchev–Trinajstić information content (AvgIpc) is 3.06. The van der Waals surface area contributed by atoms with Gasteiger partial charge in [-0.2, -0.15) is 0 Å². The highest BCUT2D eigenvalue weighted by molar-refractivity contribution is 7.09. The van der Waals surface area contributed by atoms with Crippen molar-refractivity contribution in [3.05, 3.63) is 45.9 Å². The van der Waals surface area contributed by atoms with Crippen LogP contribution < -0.4 is 10.1 Å². The summed E-state index contributed by atoms with van der Waals surface area (Å²) in [6.45, 7) is 7.24. The van der Waals surface area contributed by atoms with Gasteiger partial charge in [0.2, 0.25) is 0 Å². The quantitative estimate of drug-likeness (QED) is 0.818. The van der Waals surface area contributed by atoms with Crippen LogP contribution in [0.25, 0.3) is 0 Å². The summed E-state index contributed by atoms with van der Waals surface area (Å²) in [5.74, 6) is 0.592. The highest BCUT2D eigenvalue weighted by Crippen LogP contribution is 2.16. The maximum atomic E-state index is 12.3. The molecule has 2 aromatic rings. The molecular formula is C18H23N3O3S. The maximum absolute atomic E-state index is 12.3. The van der Waals surface area contributed by atoms with Gasteiger partial charge in [-0.05, 0) is 25.1 Å². The van der Waals surface area contributed by atoms with Gasteiger partial charge in [0.1, 0.15) is 12.4 Å². The number of morpholine rings is 1. The van der Waals surface area contributed by atoms with Crippen LogP contribution in [0.4, 0.5) is 0 Å². The lowest BCUT2D eigenvalue weighted by Gasteiger charge is -2.26. The average molecular weight is 361 g/mol. The summed E-state index contributed by atoms with van der Waals surface area (Å²) < 4.78 is 11.1. The monoisotopic (exact) mass is 361 g/mol. The number of carbonyl (C=O) groups excluding carboxylic acids is 1. The molecule has 0 bridgehead atoms. The third-order valence-corrected chi connectivity index (χ3v) is 4.79. The van der Waals surface area contributed by atoms with Gasteiger partial charge in [0.05, 0.1) is 23.9 Å². The van der Waals surface area contributed by atoms with Crippen molar-refractivity contribution in [1.29, 1.82) is 0 Å². The van der Waals surface area contributed by atoms with Crippen LogP contribution >= 0.6 is 11.3 Å². The van der Waals surface area contributed by atoms with Crippen molar-refractivity contribution >= 4 is 17.2 Å². The van der Waals surface area contributed by atoms with Crippen LogP contribution in [0.2, 0.25) is 0 Å². The lowest BCUT2D eigenvalue weighted by atomic mass is 10.2. The minimum Gasteiger partial charge on any atom is -0.487 e.